The number of hydrogen-bond acceptors (Lipinski definition) is 4. The van der Waals surface area contributed by atoms with Gasteiger partial charge in [0.15, 0.2) is 0 Å². The summed E-state index contributed by atoms with van der Waals surface area (Å²) in [6.45, 7) is 9.55. The number of rotatable bonds is 6. The maximum Gasteiger partial charge on any atom is 0.0897 e. The van der Waals surface area contributed by atoms with E-state index in [-0.39, 0.29) is 0 Å². The van der Waals surface area contributed by atoms with Crippen molar-refractivity contribution in [3.05, 3.63) is 16.1 Å². The Hall–Kier alpha value is -0.450. The average molecular weight is 254 g/mol. The second-order valence-corrected chi connectivity index (χ2v) is 6.46. The fourth-order valence-corrected chi connectivity index (χ4v) is 3.32. The van der Waals surface area contributed by atoms with Crippen LogP contribution in [0.15, 0.2) is 5.38 Å². The van der Waals surface area contributed by atoms with Gasteiger partial charge in [-0.05, 0) is 24.8 Å². The van der Waals surface area contributed by atoms with Crippen LogP contribution < -0.4 is 5.32 Å². The Labute approximate surface area is 108 Å². The quantitative estimate of drug-likeness (QED) is 0.792. The van der Waals surface area contributed by atoms with Gasteiger partial charge >= 0.3 is 0 Å². The summed E-state index contributed by atoms with van der Waals surface area (Å²) in [7, 11) is 1.74. The third-order valence-electron chi connectivity index (χ3n) is 3.85. The van der Waals surface area contributed by atoms with E-state index in [0.717, 1.165) is 19.7 Å². The summed E-state index contributed by atoms with van der Waals surface area (Å²) < 4.78 is 5.04. The molecule has 96 valence electrons. The van der Waals surface area contributed by atoms with Crippen molar-refractivity contribution >= 4 is 11.3 Å². The number of methoxy groups -OCH3 is 1. The van der Waals surface area contributed by atoms with Crippen LogP contribution in [0.5, 0.6) is 0 Å². The predicted octanol–water partition coefficient (Wildman–Crippen LogP) is 2.43. The number of nitrogens with one attached hydrogen (secondary N) is 1. The van der Waals surface area contributed by atoms with Crippen molar-refractivity contribution in [1.29, 1.82) is 0 Å². The molecule has 1 aromatic rings. The molecule has 0 radical (unpaired) electrons. The summed E-state index contributed by atoms with van der Waals surface area (Å²) in [6.07, 6.45) is 0. The molecule has 1 saturated carbocycles. The van der Waals surface area contributed by atoms with Crippen LogP contribution in [0.4, 0.5) is 0 Å². The molecule has 0 saturated heterocycles. The van der Waals surface area contributed by atoms with E-state index in [9.17, 15) is 0 Å². The van der Waals surface area contributed by atoms with Crippen molar-refractivity contribution in [3.63, 3.8) is 0 Å². The molecule has 0 aliphatic heterocycles. The third kappa shape index (κ3) is 2.69. The Bertz CT molecular complexity index is 375. The summed E-state index contributed by atoms with van der Waals surface area (Å²) in [6, 6.07) is 0. The van der Waals surface area contributed by atoms with E-state index in [0.29, 0.717) is 17.3 Å². The summed E-state index contributed by atoms with van der Waals surface area (Å²) in [5.41, 5.74) is 1.68. The van der Waals surface area contributed by atoms with Crippen LogP contribution in [-0.2, 0) is 4.74 Å². The second kappa shape index (κ2) is 5.04. The lowest BCUT2D eigenvalue weighted by atomic mass is 10.1. The molecule has 1 aliphatic rings. The number of hydrogen-bond donors (Lipinski definition) is 1. The van der Waals surface area contributed by atoms with Gasteiger partial charge in [0.05, 0.1) is 17.3 Å². The van der Waals surface area contributed by atoms with Crippen molar-refractivity contribution in [1.82, 2.24) is 10.3 Å². The first kappa shape index (κ1) is 13.0. The molecular formula is C13H22N2OS. The smallest absolute Gasteiger partial charge is 0.0897 e. The highest BCUT2D eigenvalue weighted by atomic mass is 32.1. The third-order valence-corrected chi connectivity index (χ3v) is 4.64. The van der Waals surface area contributed by atoms with Crippen molar-refractivity contribution in [2.75, 3.05) is 26.8 Å². The average Bonchev–Trinajstić information content (AvgIpc) is 2.60. The zero-order valence-electron chi connectivity index (χ0n) is 11.1. The second-order valence-electron chi connectivity index (χ2n) is 5.39. The lowest BCUT2D eigenvalue weighted by Gasteiger charge is -2.04. The highest BCUT2D eigenvalue weighted by Crippen LogP contribution is 2.63. The summed E-state index contributed by atoms with van der Waals surface area (Å²) in [4.78, 5) is 4.63. The fraction of sp³-hybridized carbons (Fsp3) is 0.769. The molecule has 4 heteroatoms. The van der Waals surface area contributed by atoms with Crippen LogP contribution in [0.1, 0.15) is 30.5 Å². The molecule has 2 atom stereocenters. The number of aromatic nitrogens is 1. The van der Waals surface area contributed by atoms with Crippen LogP contribution in [0.3, 0.4) is 0 Å². The van der Waals surface area contributed by atoms with E-state index in [4.69, 9.17) is 4.74 Å². The van der Waals surface area contributed by atoms with Gasteiger partial charge in [0.1, 0.15) is 0 Å². The first-order chi connectivity index (χ1) is 8.07. The van der Waals surface area contributed by atoms with Gasteiger partial charge in [0.25, 0.3) is 0 Å². The standard InChI is InChI=1S/C13H22N2OS/c1-9-15-11(8-17-9)12-10(13(12,2)3)7-14-5-6-16-4/h8,10,12,14H,5-7H2,1-4H3. The molecule has 17 heavy (non-hydrogen) atoms. The maximum absolute atomic E-state index is 5.04. The summed E-state index contributed by atoms with van der Waals surface area (Å²) >= 11 is 1.76. The monoisotopic (exact) mass is 254 g/mol. The molecular weight excluding hydrogens is 232 g/mol. The van der Waals surface area contributed by atoms with E-state index >= 15 is 0 Å². The molecule has 2 rings (SSSR count). The molecule has 1 heterocycles. The van der Waals surface area contributed by atoms with Gasteiger partial charge in [-0.15, -0.1) is 11.3 Å². The topological polar surface area (TPSA) is 34.1 Å². The van der Waals surface area contributed by atoms with Gasteiger partial charge in [-0.1, -0.05) is 13.8 Å². The highest BCUT2D eigenvalue weighted by molar-refractivity contribution is 7.09. The molecule has 1 aromatic heterocycles. The summed E-state index contributed by atoms with van der Waals surface area (Å²) in [5.74, 6) is 1.34. The number of ether oxygens (including phenoxy) is 1. The molecule has 0 aromatic carbocycles. The van der Waals surface area contributed by atoms with Crippen LogP contribution >= 0.6 is 11.3 Å². The Kier molecular flexibility index (Phi) is 3.85. The van der Waals surface area contributed by atoms with Gasteiger partial charge < -0.3 is 10.1 Å². The summed E-state index contributed by atoms with van der Waals surface area (Å²) in [5, 5.41) is 6.85. The Morgan fingerprint density at radius 2 is 2.29 bits per heavy atom. The molecule has 0 spiro atoms. The molecule has 1 aliphatic carbocycles. The highest BCUT2D eigenvalue weighted by Gasteiger charge is 2.58. The number of thiazole rings is 1. The fourth-order valence-electron chi connectivity index (χ4n) is 2.67. The minimum Gasteiger partial charge on any atom is -0.383 e. The Morgan fingerprint density at radius 3 is 2.88 bits per heavy atom. The minimum atomic E-state index is 0.389. The maximum atomic E-state index is 5.04. The van der Waals surface area contributed by atoms with Crippen LogP contribution in [0.25, 0.3) is 0 Å². The van der Waals surface area contributed by atoms with Gasteiger partial charge in [0, 0.05) is 25.0 Å². The van der Waals surface area contributed by atoms with Crippen LogP contribution in [0.2, 0.25) is 0 Å². The molecule has 0 amide bonds. The number of aryl methyl sites for hydroxylation is 1. The first-order valence-corrected chi connectivity index (χ1v) is 7.07. The molecule has 1 N–H and O–H groups in total. The molecule has 0 bridgehead atoms. The van der Waals surface area contributed by atoms with Crippen molar-refractivity contribution < 1.29 is 4.74 Å². The van der Waals surface area contributed by atoms with Crippen molar-refractivity contribution in [2.24, 2.45) is 11.3 Å². The van der Waals surface area contributed by atoms with Crippen LogP contribution in [0, 0.1) is 18.3 Å². The van der Waals surface area contributed by atoms with Crippen molar-refractivity contribution in [2.45, 2.75) is 26.7 Å². The van der Waals surface area contributed by atoms with E-state index in [2.05, 4.69) is 36.5 Å². The SMILES string of the molecule is COCCNCC1C(c2csc(C)n2)C1(C)C. The molecule has 3 nitrogen and oxygen atoms in total. The molecule has 1 fully saturated rings. The van der Waals surface area contributed by atoms with Gasteiger partial charge in [-0.3, -0.25) is 0 Å². The van der Waals surface area contributed by atoms with E-state index in [1.165, 1.54) is 10.7 Å². The lowest BCUT2D eigenvalue weighted by Crippen LogP contribution is -2.22. The van der Waals surface area contributed by atoms with Gasteiger partial charge in [0.2, 0.25) is 0 Å². The van der Waals surface area contributed by atoms with Crippen molar-refractivity contribution in [3.8, 4) is 0 Å². The van der Waals surface area contributed by atoms with Gasteiger partial charge in [-0.25, -0.2) is 4.98 Å². The van der Waals surface area contributed by atoms with Gasteiger partial charge in [-0.2, -0.15) is 0 Å². The van der Waals surface area contributed by atoms with E-state index in [1.54, 1.807) is 18.4 Å². The number of nitrogens with zero attached hydrogens (tertiary/aromatic N) is 1. The predicted molar refractivity (Wildman–Crippen MR) is 71.6 cm³/mol. The largest absolute Gasteiger partial charge is 0.383 e. The Balaban J connectivity index is 1.88. The molecule has 2 unspecified atom stereocenters. The minimum absolute atomic E-state index is 0.389. The normalized spacial score (nSPS) is 26.1. The van der Waals surface area contributed by atoms with Crippen LogP contribution in [-0.4, -0.2) is 31.8 Å². The zero-order chi connectivity index (χ0) is 12.5. The zero-order valence-corrected chi connectivity index (χ0v) is 11.9. The van der Waals surface area contributed by atoms with E-state index in [1.807, 2.05) is 0 Å². The first-order valence-electron chi connectivity index (χ1n) is 6.19. The lowest BCUT2D eigenvalue weighted by molar-refractivity contribution is 0.198. The Morgan fingerprint density at radius 1 is 1.53 bits per heavy atom. The van der Waals surface area contributed by atoms with E-state index < -0.39 is 0 Å².